The lowest BCUT2D eigenvalue weighted by molar-refractivity contribution is -0.107. The van der Waals surface area contributed by atoms with Crippen LogP contribution < -0.4 is 0 Å². The molecule has 0 aliphatic carbocycles. The summed E-state index contributed by atoms with van der Waals surface area (Å²) in [7, 11) is -2.96. The molecule has 0 bridgehead atoms. The maximum absolute atomic E-state index is 10.3. The van der Waals surface area contributed by atoms with Gasteiger partial charge in [0.05, 0.1) is 0 Å². The van der Waals surface area contributed by atoms with Crippen molar-refractivity contribution in [3.63, 3.8) is 0 Å². The zero-order valence-electron chi connectivity index (χ0n) is 11.9. The van der Waals surface area contributed by atoms with Crippen molar-refractivity contribution in [1.29, 1.82) is 0 Å². The maximum Gasteiger partial charge on any atom is 0.498 e. The highest BCUT2D eigenvalue weighted by Gasteiger charge is 2.43. The molecule has 0 aromatic rings. The van der Waals surface area contributed by atoms with E-state index in [0.717, 1.165) is 32.0 Å². The molecule has 0 radical (unpaired) electrons. The van der Waals surface area contributed by atoms with Crippen molar-refractivity contribution in [2.75, 3.05) is 6.54 Å². The number of carbonyl (C=O) groups excluding carboxylic acids is 1. The van der Waals surface area contributed by atoms with E-state index in [9.17, 15) is 9.59 Å². The van der Waals surface area contributed by atoms with Crippen molar-refractivity contribution in [3.8, 4) is 0 Å². The van der Waals surface area contributed by atoms with Crippen LogP contribution >= 0.6 is 0 Å². The number of unbranched alkanes of at least 4 members (excludes halogenated alkanes) is 2. The number of carbonyl (C=O) groups is 1. The molecule has 6 heteroatoms. The van der Waals surface area contributed by atoms with E-state index in [1.165, 1.54) is 0 Å². The van der Waals surface area contributed by atoms with Crippen molar-refractivity contribution in [1.82, 2.24) is 0 Å². The van der Waals surface area contributed by atoms with Gasteiger partial charge in [0.2, 0.25) is 0 Å². The second-order valence-corrected chi connectivity index (χ2v) is 7.49. The van der Waals surface area contributed by atoms with Gasteiger partial charge in [0.15, 0.2) is 0 Å². The first kappa shape index (κ1) is 16.5. The number of hydrogen-bond donors (Lipinski definition) is 1. The Bertz CT molecular complexity index is 288. The summed E-state index contributed by atoms with van der Waals surface area (Å²) in [5.74, 6) is 0. The lowest BCUT2D eigenvalue weighted by atomic mass is 10.2. The Morgan fingerprint density at radius 3 is 2.58 bits per heavy atom. The molecule has 2 atom stereocenters. The molecule has 110 valence electrons. The highest BCUT2D eigenvalue weighted by atomic mass is 28.4. The van der Waals surface area contributed by atoms with Gasteiger partial charge in [-0.25, -0.2) is 0 Å². The molecule has 1 fully saturated rings. The molecule has 0 saturated carbocycles. The van der Waals surface area contributed by atoms with Gasteiger partial charge in [0.25, 0.3) is 0 Å². The molecule has 1 rings (SSSR count). The van der Waals surface area contributed by atoms with Crippen LogP contribution in [-0.2, 0) is 13.6 Å². The Morgan fingerprint density at radius 2 is 1.95 bits per heavy atom. The minimum absolute atomic E-state index is 0.0762. The van der Waals surface area contributed by atoms with Crippen LogP contribution in [0.5, 0.6) is 0 Å². The third-order valence-electron chi connectivity index (χ3n) is 3.00. The van der Waals surface area contributed by atoms with Crippen LogP contribution in [0.25, 0.3) is 0 Å². The quantitative estimate of drug-likeness (QED) is 0.321. The largest absolute Gasteiger partial charge is 0.498 e. The fraction of sp³-hybridized carbons (Fsp3) is 0.846. The van der Waals surface area contributed by atoms with Crippen molar-refractivity contribution < 1.29 is 18.4 Å². The van der Waals surface area contributed by atoms with E-state index in [1.54, 1.807) is 0 Å². The van der Waals surface area contributed by atoms with E-state index in [-0.39, 0.29) is 12.2 Å². The van der Waals surface area contributed by atoms with Crippen LogP contribution in [0.4, 0.5) is 0 Å². The minimum atomic E-state index is -2.96. The fourth-order valence-corrected chi connectivity index (χ4v) is 4.55. The topological polar surface area (TPSA) is 68.1 Å². The first-order valence-corrected chi connectivity index (χ1v) is 9.03. The predicted octanol–water partition coefficient (Wildman–Crippen LogP) is 1.96. The Hall–Kier alpha value is -0.563. The van der Waals surface area contributed by atoms with Gasteiger partial charge in [-0.05, 0) is 45.7 Å². The van der Waals surface area contributed by atoms with Gasteiger partial charge in [0.1, 0.15) is 6.29 Å². The summed E-state index contributed by atoms with van der Waals surface area (Å²) in [5, 5.41) is 0. The molecular weight excluding hydrogens is 262 g/mol. The summed E-state index contributed by atoms with van der Waals surface area (Å²) in [4.78, 5) is 24.7. The van der Waals surface area contributed by atoms with E-state index >= 15 is 0 Å². The molecule has 0 aromatic heterocycles. The summed E-state index contributed by atoms with van der Waals surface area (Å²) < 4.78 is 11.2. The lowest BCUT2D eigenvalue weighted by Crippen LogP contribution is -2.52. The van der Waals surface area contributed by atoms with Gasteiger partial charge in [0, 0.05) is 31.2 Å². The van der Waals surface area contributed by atoms with Gasteiger partial charge in [-0.1, -0.05) is 0 Å². The predicted molar refractivity (Wildman–Crippen MR) is 76.4 cm³/mol. The zero-order chi connectivity index (χ0) is 14.1. The number of aliphatic imine (C=N–C) groups is 1. The lowest BCUT2D eigenvalue weighted by Gasteiger charge is -2.36. The Kier molecular flexibility index (Phi) is 7.44. The SMILES string of the molecule is CC1CC(C)O[Si](O)(CCC/N=C/CCCC=O)O1. The van der Waals surface area contributed by atoms with E-state index in [1.807, 2.05) is 20.1 Å². The Morgan fingerprint density at radius 1 is 1.26 bits per heavy atom. The van der Waals surface area contributed by atoms with Crippen molar-refractivity contribution in [2.45, 2.75) is 64.2 Å². The molecule has 19 heavy (non-hydrogen) atoms. The fourth-order valence-electron chi connectivity index (χ4n) is 2.21. The number of aldehydes is 1. The van der Waals surface area contributed by atoms with Crippen LogP contribution in [0.15, 0.2) is 4.99 Å². The van der Waals surface area contributed by atoms with Gasteiger partial charge in [-0.3, -0.25) is 4.99 Å². The zero-order valence-corrected chi connectivity index (χ0v) is 12.9. The Labute approximate surface area is 116 Å². The monoisotopic (exact) mass is 287 g/mol. The standard InChI is InChI=1S/C13H25NO4Si/c1-12-11-13(2)18-19(16,17-12)10-6-8-14-7-4-3-5-9-15/h7,9,12-13,16H,3-6,8,10-11H2,1-2H3/b14-7+. The summed E-state index contributed by atoms with van der Waals surface area (Å²) in [6.07, 6.45) is 6.82. The summed E-state index contributed by atoms with van der Waals surface area (Å²) in [6.45, 7) is 4.62. The van der Waals surface area contributed by atoms with E-state index in [0.29, 0.717) is 19.0 Å². The van der Waals surface area contributed by atoms with Gasteiger partial charge < -0.3 is 18.4 Å². The van der Waals surface area contributed by atoms with Crippen LogP contribution in [-0.4, -0.2) is 44.9 Å². The van der Waals surface area contributed by atoms with Gasteiger partial charge >= 0.3 is 8.80 Å². The molecule has 0 spiro atoms. The molecule has 1 aliphatic heterocycles. The third-order valence-corrected chi connectivity index (χ3v) is 5.53. The van der Waals surface area contributed by atoms with Gasteiger partial charge in [-0.15, -0.1) is 0 Å². The average molecular weight is 287 g/mol. The van der Waals surface area contributed by atoms with Crippen LogP contribution in [0.1, 0.15) is 46.0 Å². The molecule has 0 aromatic carbocycles. The smallest absolute Gasteiger partial charge is 0.390 e. The van der Waals surface area contributed by atoms with Crippen LogP contribution in [0, 0.1) is 0 Å². The first-order valence-electron chi connectivity index (χ1n) is 7.05. The number of hydrogen-bond acceptors (Lipinski definition) is 5. The summed E-state index contributed by atoms with van der Waals surface area (Å²) >= 11 is 0. The minimum Gasteiger partial charge on any atom is -0.390 e. The molecule has 1 saturated heterocycles. The third kappa shape index (κ3) is 6.96. The molecule has 5 nitrogen and oxygen atoms in total. The first-order chi connectivity index (χ1) is 9.06. The Balaban J connectivity index is 2.15. The molecule has 2 unspecified atom stereocenters. The normalized spacial score (nSPS) is 31.7. The molecular formula is C13H25NO4Si. The maximum atomic E-state index is 10.3. The molecule has 1 aliphatic rings. The molecule has 1 heterocycles. The van der Waals surface area contributed by atoms with Gasteiger partial charge in [-0.2, -0.15) is 0 Å². The highest BCUT2D eigenvalue weighted by molar-refractivity contribution is 6.59. The summed E-state index contributed by atoms with van der Waals surface area (Å²) in [5.41, 5.74) is 0. The second kappa shape index (κ2) is 8.58. The second-order valence-electron chi connectivity index (χ2n) is 5.10. The van der Waals surface area contributed by atoms with E-state index < -0.39 is 8.80 Å². The molecule has 0 amide bonds. The van der Waals surface area contributed by atoms with Crippen molar-refractivity contribution in [2.24, 2.45) is 4.99 Å². The van der Waals surface area contributed by atoms with Crippen LogP contribution in [0.3, 0.4) is 0 Å². The van der Waals surface area contributed by atoms with E-state index in [2.05, 4.69) is 4.99 Å². The number of rotatable bonds is 8. The van der Waals surface area contributed by atoms with Crippen molar-refractivity contribution in [3.05, 3.63) is 0 Å². The number of nitrogens with zero attached hydrogens (tertiary/aromatic N) is 1. The molecule has 1 N–H and O–H groups in total. The van der Waals surface area contributed by atoms with Crippen LogP contribution in [0.2, 0.25) is 6.04 Å². The van der Waals surface area contributed by atoms with Crippen molar-refractivity contribution >= 4 is 21.3 Å². The summed E-state index contributed by atoms with van der Waals surface area (Å²) in [6, 6.07) is 0.563. The highest BCUT2D eigenvalue weighted by Crippen LogP contribution is 2.25. The van der Waals surface area contributed by atoms with E-state index in [4.69, 9.17) is 8.85 Å². The average Bonchev–Trinajstić information content (AvgIpc) is 2.30.